The van der Waals surface area contributed by atoms with E-state index in [0.29, 0.717) is 12.0 Å². The van der Waals surface area contributed by atoms with Gasteiger partial charge in [-0.05, 0) is 32.4 Å². The summed E-state index contributed by atoms with van der Waals surface area (Å²) in [5.41, 5.74) is 0. The third-order valence-corrected chi connectivity index (χ3v) is 5.14. The Balaban J connectivity index is 1.82. The van der Waals surface area contributed by atoms with Gasteiger partial charge in [0.25, 0.3) is 0 Å². The first-order valence-corrected chi connectivity index (χ1v) is 8.57. The highest BCUT2D eigenvalue weighted by molar-refractivity contribution is 5.80. The minimum atomic E-state index is -0.127. The molecule has 0 radical (unpaired) electrons. The Morgan fingerprint density at radius 3 is 2.62 bits per heavy atom. The molecule has 1 saturated heterocycles. The second kappa shape index (κ2) is 7.99. The summed E-state index contributed by atoms with van der Waals surface area (Å²) in [4.78, 5) is 9.33. The van der Waals surface area contributed by atoms with Crippen molar-refractivity contribution in [3.05, 3.63) is 0 Å². The third-order valence-electron chi connectivity index (χ3n) is 5.14. The van der Waals surface area contributed by atoms with Crippen molar-refractivity contribution in [3.63, 3.8) is 0 Å². The molecular formula is C16H32N4O. The minimum Gasteiger partial charge on any atom is -0.393 e. The van der Waals surface area contributed by atoms with E-state index in [4.69, 9.17) is 0 Å². The van der Waals surface area contributed by atoms with Gasteiger partial charge in [0.15, 0.2) is 5.96 Å². The lowest BCUT2D eigenvalue weighted by molar-refractivity contribution is 0.134. The van der Waals surface area contributed by atoms with Crippen LogP contribution in [-0.2, 0) is 0 Å². The van der Waals surface area contributed by atoms with Gasteiger partial charge in [0.2, 0.25) is 0 Å². The fourth-order valence-corrected chi connectivity index (χ4v) is 3.78. The van der Waals surface area contributed by atoms with Crippen LogP contribution in [0.3, 0.4) is 0 Å². The van der Waals surface area contributed by atoms with Crippen molar-refractivity contribution in [1.82, 2.24) is 15.1 Å². The fourth-order valence-electron chi connectivity index (χ4n) is 3.78. The molecule has 0 spiro atoms. The molecule has 1 aliphatic heterocycles. The molecule has 0 aromatic heterocycles. The summed E-state index contributed by atoms with van der Waals surface area (Å²) in [5, 5.41) is 13.4. The molecule has 0 aromatic rings. The van der Waals surface area contributed by atoms with Crippen LogP contribution >= 0.6 is 0 Å². The van der Waals surface area contributed by atoms with Crippen LogP contribution < -0.4 is 5.32 Å². The van der Waals surface area contributed by atoms with Gasteiger partial charge in [0.05, 0.1) is 6.10 Å². The number of rotatable bonds is 5. The van der Waals surface area contributed by atoms with Gasteiger partial charge in [-0.15, -0.1) is 0 Å². The van der Waals surface area contributed by atoms with Crippen molar-refractivity contribution in [2.75, 3.05) is 39.8 Å². The lowest BCUT2D eigenvalue weighted by Gasteiger charge is -2.27. The van der Waals surface area contributed by atoms with Crippen molar-refractivity contribution in [3.8, 4) is 0 Å². The van der Waals surface area contributed by atoms with Crippen molar-refractivity contribution in [1.29, 1.82) is 0 Å². The monoisotopic (exact) mass is 296 g/mol. The SMILES string of the molecule is CCN(CC)C1CCN(C(=NC)NCC2CCCC2O)C1. The van der Waals surface area contributed by atoms with Gasteiger partial charge in [-0.25, -0.2) is 0 Å². The van der Waals surface area contributed by atoms with Gasteiger partial charge in [-0.1, -0.05) is 20.3 Å². The molecule has 2 rings (SSSR count). The van der Waals surface area contributed by atoms with Crippen LogP contribution in [0.25, 0.3) is 0 Å². The molecular weight excluding hydrogens is 264 g/mol. The number of hydrogen-bond donors (Lipinski definition) is 2. The molecule has 2 N–H and O–H groups in total. The zero-order valence-corrected chi connectivity index (χ0v) is 13.9. The predicted molar refractivity (Wildman–Crippen MR) is 87.6 cm³/mol. The largest absolute Gasteiger partial charge is 0.393 e. The zero-order valence-electron chi connectivity index (χ0n) is 13.9. The molecule has 3 atom stereocenters. The maximum Gasteiger partial charge on any atom is 0.193 e. The number of aliphatic hydroxyl groups excluding tert-OH is 1. The highest BCUT2D eigenvalue weighted by Crippen LogP contribution is 2.24. The molecule has 21 heavy (non-hydrogen) atoms. The van der Waals surface area contributed by atoms with Gasteiger partial charge in [0.1, 0.15) is 0 Å². The van der Waals surface area contributed by atoms with E-state index in [1.165, 1.54) is 6.42 Å². The maximum atomic E-state index is 9.92. The zero-order chi connectivity index (χ0) is 15.2. The Hall–Kier alpha value is -0.810. The number of guanidine groups is 1. The number of aliphatic imine (C=N–C) groups is 1. The summed E-state index contributed by atoms with van der Waals surface area (Å²) in [7, 11) is 1.86. The number of nitrogens with one attached hydrogen (secondary N) is 1. The van der Waals surface area contributed by atoms with E-state index in [0.717, 1.165) is 57.9 Å². The number of nitrogens with zero attached hydrogens (tertiary/aromatic N) is 3. The first kappa shape index (κ1) is 16.6. The Kier molecular flexibility index (Phi) is 6.30. The molecule has 122 valence electrons. The smallest absolute Gasteiger partial charge is 0.193 e. The molecule has 3 unspecified atom stereocenters. The molecule has 5 nitrogen and oxygen atoms in total. The quantitative estimate of drug-likeness (QED) is 0.590. The van der Waals surface area contributed by atoms with Gasteiger partial charge < -0.3 is 15.3 Å². The Bertz CT molecular complexity index is 343. The second-order valence-electron chi connectivity index (χ2n) is 6.30. The molecule has 5 heteroatoms. The van der Waals surface area contributed by atoms with E-state index >= 15 is 0 Å². The van der Waals surface area contributed by atoms with Crippen LogP contribution in [0.15, 0.2) is 4.99 Å². The van der Waals surface area contributed by atoms with Gasteiger partial charge in [-0.2, -0.15) is 0 Å². The second-order valence-corrected chi connectivity index (χ2v) is 6.30. The number of likely N-dealkylation sites (N-methyl/N-ethyl adjacent to an activating group) is 1. The summed E-state index contributed by atoms with van der Waals surface area (Å²) in [5.74, 6) is 1.40. The van der Waals surface area contributed by atoms with Crippen LogP contribution in [0, 0.1) is 5.92 Å². The van der Waals surface area contributed by atoms with Gasteiger partial charge in [0, 0.05) is 38.6 Å². The summed E-state index contributed by atoms with van der Waals surface area (Å²) in [6.45, 7) is 9.70. The van der Waals surface area contributed by atoms with Crippen molar-refractivity contribution in [2.24, 2.45) is 10.9 Å². The first-order chi connectivity index (χ1) is 10.2. The molecule has 0 bridgehead atoms. The maximum absolute atomic E-state index is 9.92. The number of likely N-dealkylation sites (tertiary alicyclic amines) is 1. The minimum absolute atomic E-state index is 0.127. The van der Waals surface area contributed by atoms with E-state index in [9.17, 15) is 5.11 Å². The van der Waals surface area contributed by atoms with Crippen LogP contribution in [0.1, 0.15) is 39.5 Å². The van der Waals surface area contributed by atoms with Crippen LogP contribution in [0.2, 0.25) is 0 Å². The Labute approximate surface area is 129 Å². The average Bonchev–Trinajstić information content (AvgIpc) is 3.11. The average molecular weight is 296 g/mol. The summed E-state index contributed by atoms with van der Waals surface area (Å²) in [6.07, 6.45) is 4.33. The molecule has 2 aliphatic rings. The fraction of sp³-hybridized carbons (Fsp3) is 0.938. The highest BCUT2D eigenvalue weighted by Gasteiger charge is 2.29. The highest BCUT2D eigenvalue weighted by atomic mass is 16.3. The van der Waals surface area contributed by atoms with Crippen molar-refractivity contribution in [2.45, 2.75) is 51.7 Å². The molecule has 1 saturated carbocycles. The Morgan fingerprint density at radius 1 is 1.29 bits per heavy atom. The molecule has 0 aromatic carbocycles. The van der Waals surface area contributed by atoms with Crippen LogP contribution in [0.5, 0.6) is 0 Å². The molecule has 0 amide bonds. The topological polar surface area (TPSA) is 51.1 Å². The van der Waals surface area contributed by atoms with Gasteiger partial charge in [-0.3, -0.25) is 9.89 Å². The van der Waals surface area contributed by atoms with Crippen molar-refractivity contribution < 1.29 is 5.11 Å². The predicted octanol–water partition coefficient (Wildman–Crippen LogP) is 1.14. The standard InChI is InChI=1S/C16H32N4O/c1-4-19(5-2)14-9-10-20(12-14)16(17-3)18-11-13-7-6-8-15(13)21/h13-15,21H,4-12H2,1-3H3,(H,17,18). The van der Waals surface area contributed by atoms with Crippen LogP contribution in [-0.4, -0.2) is 72.8 Å². The molecule has 1 heterocycles. The van der Waals surface area contributed by atoms with E-state index < -0.39 is 0 Å². The molecule has 1 aliphatic carbocycles. The van der Waals surface area contributed by atoms with Gasteiger partial charge >= 0.3 is 0 Å². The first-order valence-electron chi connectivity index (χ1n) is 8.57. The van der Waals surface area contributed by atoms with Crippen LogP contribution in [0.4, 0.5) is 0 Å². The van der Waals surface area contributed by atoms with E-state index in [-0.39, 0.29) is 6.10 Å². The normalized spacial score (nSPS) is 30.4. The summed E-state index contributed by atoms with van der Waals surface area (Å²) < 4.78 is 0. The van der Waals surface area contributed by atoms with E-state index in [1.807, 2.05) is 7.05 Å². The lowest BCUT2D eigenvalue weighted by Crippen LogP contribution is -2.45. The van der Waals surface area contributed by atoms with Crippen molar-refractivity contribution >= 4 is 5.96 Å². The summed E-state index contributed by atoms with van der Waals surface area (Å²) in [6, 6.07) is 0.649. The molecule has 2 fully saturated rings. The number of aliphatic hydroxyl groups is 1. The Morgan fingerprint density at radius 2 is 2.05 bits per heavy atom. The number of hydrogen-bond acceptors (Lipinski definition) is 3. The third kappa shape index (κ3) is 4.10. The van der Waals surface area contributed by atoms with E-state index in [1.54, 1.807) is 0 Å². The lowest BCUT2D eigenvalue weighted by atomic mass is 10.1. The summed E-state index contributed by atoms with van der Waals surface area (Å²) >= 11 is 0. The van der Waals surface area contributed by atoms with E-state index in [2.05, 4.69) is 34.0 Å².